The molecule has 3 rings (SSSR count). The van der Waals surface area contributed by atoms with E-state index in [1.807, 2.05) is 0 Å². The fourth-order valence-electron chi connectivity index (χ4n) is 3.59. The van der Waals surface area contributed by atoms with Crippen molar-refractivity contribution in [2.45, 2.75) is 32.7 Å². The second-order valence-corrected chi connectivity index (χ2v) is 6.85. The van der Waals surface area contributed by atoms with Crippen LogP contribution < -0.4 is 0 Å². The first-order valence-electron chi connectivity index (χ1n) is 9.45. The third kappa shape index (κ3) is 4.68. The van der Waals surface area contributed by atoms with Gasteiger partial charge in [0.1, 0.15) is 0 Å². The summed E-state index contributed by atoms with van der Waals surface area (Å²) in [4.78, 5) is 5.28. The highest BCUT2D eigenvalue weighted by Crippen LogP contribution is 2.24. The van der Waals surface area contributed by atoms with Crippen LogP contribution in [0.3, 0.4) is 0 Å². The van der Waals surface area contributed by atoms with Crippen molar-refractivity contribution in [3.8, 4) is 11.1 Å². The Morgan fingerprint density at radius 1 is 0.792 bits per heavy atom. The average Bonchev–Trinajstić information content (AvgIpc) is 2.86. The Balaban J connectivity index is 1.66. The molecule has 128 valence electrons. The Kier molecular flexibility index (Phi) is 6.45. The van der Waals surface area contributed by atoms with Gasteiger partial charge in [-0.25, -0.2) is 0 Å². The zero-order valence-corrected chi connectivity index (χ0v) is 15.0. The maximum absolute atomic E-state index is 2.65. The zero-order chi connectivity index (χ0) is 16.6. The number of hydrogen-bond acceptors (Lipinski definition) is 2. The topological polar surface area (TPSA) is 6.48 Å². The van der Waals surface area contributed by atoms with Crippen molar-refractivity contribution < 1.29 is 0 Å². The molecule has 0 bridgehead atoms. The molecule has 0 amide bonds. The Labute approximate surface area is 147 Å². The molecule has 1 aliphatic rings. The molecule has 2 nitrogen and oxygen atoms in total. The second kappa shape index (κ2) is 9.00. The average molecular weight is 322 g/mol. The molecule has 0 spiro atoms. The van der Waals surface area contributed by atoms with Gasteiger partial charge in [0, 0.05) is 19.6 Å². The van der Waals surface area contributed by atoms with Gasteiger partial charge in [-0.1, -0.05) is 67.9 Å². The van der Waals surface area contributed by atoms with Gasteiger partial charge < -0.3 is 4.90 Å². The summed E-state index contributed by atoms with van der Waals surface area (Å²) in [5.74, 6) is 0. The lowest BCUT2D eigenvalue weighted by atomic mass is 9.99. The summed E-state index contributed by atoms with van der Waals surface area (Å²) >= 11 is 0. The molecule has 1 heterocycles. The molecular formula is C22H30N2. The molecule has 1 saturated heterocycles. The minimum Gasteiger partial charge on any atom is -0.302 e. The van der Waals surface area contributed by atoms with Crippen LogP contribution in [0.15, 0.2) is 54.6 Å². The molecule has 1 fully saturated rings. The Bertz CT molecular complexity index is 608. The van der Waals surface area contributed by atoms with E-state index in [4.69, 9.17) is 0 Å². The molecule has 0 atom stereocenters. The Morgan fingerprint density at radius 3 is 2.33 bits per heavy atom. The summed E-state index contributed by atoms with van der Waals surface area (Å²) in [6.07, 6.45) is 3.92. The SMILES string of the molecule is CCCCN1CCCN(Cc2ccccc2-c2ccccc2)CC1. The maximum Gasteiger partial charge on any atom is 0.0240 e. The molecule has 2 heteroatoms. The third-order valence-corrected chi connectivity index (χ3v) is 5.01. The van der Waals surface area contributed by atoms with Gasteiger partial charge in [-0.2, -0.15) is 0 Å². The first-order valence-corrected chi connectivity index (χ1v) is 9.45. The van der Waals surface area contributed by atoms with Gasteiger partial charge in [-0.05, 0) is 49.2 Å². The molecule has 2 aromatic rings. The lowest BCUT2D eigenvalue weighted by Gasteiger charge is -2.23. The monoisotopic (exact) mass is 322 g/mol. The van der Waals surface area contributed by atoms with Gasteiger partial charge in [-0.3, -0.25) is 4.90 Å². The van der Waals surface area contributed by atoms with Crippen molar-refractivity contribution in [3.05, 3.63) is 60.2 Å². The predicted octanol–water partition coefficient (Wildman–Crippen LogP) is 4.66. The van der Waals surface area contributed by atoms with Gasteiger partial charge in [0.05, 0.1) is 0 Å². The minimum atomic E-state index is 1.06. The van der Waals surface area contributed by atoms with Crippen molar-refractivity contribution in [2.75, 3.05) is 32.7 Å². The molecule has 0 aromatic heterocycles. The fraction of sp³-hybridized carbons (Fsp3) is 0.455. The van der Waals surface area contributed by atoms with Crippen molar-refractivity contribution in [2.24, 2.45) is 0 Å². The lowest BCUT2D eigenvalue weighted by Crippen LogP contribution is -2.31. The third-order valence-electron chi connectivity index (χ3n) is 5.01. The summed E-state index contributed by atoms with van der Waals surface area (Å²) in [6, 6.07) is 19.7. The van der Waals surface area contributed by atoms with Gasteiger partial charge in [0.15, 0.2) is 0 Å². The Hall–Kier alpha value is -1.64. The van der Waals surface area contributed by atoms with Crippen molar-refractivity contribution >= 4 is 0 Å². The van der Waals surface area contributed by atoms with Crippen LogP contribution in [-0.4, -0.2) is 42.5 Å². The Morgan fingerprint density at radius 2 is 1.50 bits per heavy atom. The number of hydrogen-bond donors (Lipinski definition) is 0. The van der Waals surface area contributed by atoms with Crippen LogP contribution in [0.4, 0.5) is 0 Å². The molecule has 24 heavy (non-hydrogen) atoms. The van der Waals surface area contributed by atoms with E-state index < -0.39 is 0 Å². The first-order chi connectivity index (χ1) is 11.9. The van der Waals surface area contributed by atoms with Crippen LogP contribution in [0, 0.1) is 0 Å². The van der Waals surface area contributed by atoms with Gasteiger partial charge in [-0.15, -0.1) is 0 Å². The smallest absolute Gasteiger partial charge is 0.0240 e. The molecule has 0 radical (unpaired) electrons. The fourth-order valence-corrected chi connectivity index (χ4v) is 3.59. The zero-order valence-electron chi connectivity index (χ0n) is 15.0. The molecule has 0 saturated carbocycles. The van der Waals surface area contributed by atoms with Gasteiger partial charge in [0.25, 0.3) is 0 Å². The summed E-state index contributed by atoms with van der Waals surface area (Å²) in [5, 5.41) is 0. The number of benzene rings is 2. The van der Waals surface area contributed by atoms with Crippen molar-refractivity contribution in [1.29, 1.82) is 0 Å². The lowest BCUT2D eigenvalue weighted by molar-refractivity contribution is 0.250. The quantitative estimate of drug-likeness (QED) is 0.763. The van der Waals surface area contributed by atoms with Crippen LogP contribution in [0.5, 0.6) is 0 Å². The van der Waals surface area contributed by atoms with E-state index in [2.05, 4.69) is 71.3 Å². The second-order valence-electron chi connectivity index (χ2n) is 6.85. The standard InChI is InChI=1S/C22H30N2/c1-2-3-14-23-15-9-16-24(18-17-23)19-21-12-7-8-13-22(21)20-10-5-4-6-11-20/h4-8,10-13H,2-3,9,14-19H2,1H3. The van der Waals surface area contributed by atoms with E-state index in [1.165, 1.54) is 68.7 Å². The number of nitrogens with zero attached hydrogens (tertiary/aromatic N) is 2. The highest BCUT2D eigenvalue weighted by atomic mass is 15.2. The van der Waals surface area contributed by atoms with Crippen LogP contribution in [0.25, 0.3) is 11.1 Å². The highest BCUT2D eigenvalue weighted by Gasteiger charge is 2.15. The van der Waals surface area contributed by atoms with Crippen LogP contribution in [0.1, 0.15) is 31.7 Å². The molecular weight excluding hydrogens is 292 g/mol. The number of unbranched alkanes of at least 4 members (excludes halogenated alkanes) is 1. The highest BCUT2D eigenvalue weighted by molar-refractivity contribution is 5.67. The summed E-state index contributed by atoms with van der Waals surface area (Å²) < 4.78 is 0. The van der Waals surface area contributed by atoms with Crippen molar-refractivity contribution in [3.63, 3.8) is 0 Å². The van der Waals surface area contributed by atoms with Gasteiger partial charge >= 0.3 is 0 Å². The van der Waals surface area contributed by atoms with E-state index in [-0.39, 0.29) is 0 Å². The summed E-state index contributed by atoms with van der Waals surface area (Å²) in [6.45, 7) is 9.49. The molecule has 0 unspecified atom stereocenters. The van der Waals surface area contributed by atoms with Gasteiger partial charge in [0.2, 0.25) is 0 Å². The minimum absolute atomic E-state index is 1.06. The van der Waals surface area contributed by atoms with E-state index >= 15 is 0 Å². The van der Waals surface area contributed by atoms with Crippen LogP contribution in [0.2, 0.25) is 0 Å². The summed E-state index contributed by atoms with van der Waals surface area (Å²) in [7, 11) is 0. The maximum atomic E-state index is 2.65. The van der Waals surface area contributed by atoms with E-state index in [0.717, 1.165) is 6.54 Å². The first kappa shape index (κ1) is 17.2. The van der Waals surface area contributed by atoms with E-state index in [9.17, 15) is 0 Å². The summed E-state index contributed by atoms with van der Waals surface area (Å²) in [5.41, 5.74) is 4.16. The molecule has 0 aliphatic carbocycles. The normalized spacial score (nSPS) is 16.9. The van der Waals surface area contributed by atoms with Crippen molar-refractivity contribution in [1.82, 2.24) is 9.80 Å². The molecule has 0 N–H and O–H groups in total. The largest absolute Gasteiger partial charge is 0.302 e. The predicted molar refractivity (Wildman–Crippen MR) is 103 cm³/mol. The number of rotatable bonds is 6. The molecule has 1 aliphatic heterocycles. The van der Waals surface area contributed by atoms with E-state index in [0.29, 0.717) is 0 Å². The molecule has 2 aromatic carbocycles. The van der Waals surface area contributed by atoms with E-state index in [1.54, 1.807) is 0 Å². The van der Waals surface area contributed by atoms with Crippen LogP contribution in [-0.2, 0) is 6.54 Å². The van der Waals surface area contributed by atoms with Crippen LogP contribution >= 0.6 is 0 Å².